The van der Waals surface area contributed by atoms with E-state index in [0.29, 0.717) is 6.54 Å². The van der Waals surface area contributed by atoms with E-state index in [1.54, 1.807) is 0 Å². The fourth-order valence-electron chi connectivity index (χ4n) is 0.635. The van der Waals surface area contributed by atoms with Gasteiger partial charge in [0.1, 0.15) is 0 Å². The molecule has 0 unspecified atom stereocenters. The zero-order valence-electron chi connectivity index (χ0n) is 7.33. The highest BCUT2D eigenvalue weighted by molar-refractivity contribution is 5.71. The highest BCUT2D eigenvalue weighted by Gasteiger charge is 2.02. The summed E-state index contributed by atoms with van der Waals surface area (Å²) in [5, 5.41) is 0. The van der Waals surface area contributed by atoms with Crippen molar-refractivity contribution < 1.29 is 9.53 Å². The van der Waals surface area contributed by atoms with Gasteiger partial charge in [0.2, 0.25) is 0 Å². The van der Waals surface area contributed by atoms with Gasteiger partial charge in [0, 0.05) is 6.54 Å². The number of carbonyl (C=O) groups excluding carboxylic acids is 1. The van der Waals surface area contributed by atoms with Crippen LogP contribution in [0.25, 0.3) is 0 Å². The summed E-state index contributed by atoms with van der Waals surface area (Å²) >= 11 is 0. The monoisotopic (exact) mass is 157 g/mol. The fourth-order valence-corrected chi connectivity index (χ4v) is 0.635. The molecular weight excluding hydrogens is 142 g/mol. The number of likely N-dealkylation sites (N-methyl/N-ethyl adjacent to an activating group) is 1. The Morgan fingerprint density at radius 2 is 2.27 bits per heavy atom. The van der Waals surface area contributed by atoms with E-state index in [2.05, 4.69) is 4.74 Å². The Labute approximate surface area is 67.6 Å². The first-order chi connectivity index (χ1) is 5.20. The van der Waals surface area contributed by atoms with Crippen LogP contribution in [0.3, 0.4) is 0 Å². The van der Waals surface area contributed by atoms with Gasteiger partial charge in [-0.3, -0.25) is 9.69 Å². The second-order valence-electron chi connectivity index (χ2n) is 2.34. The van der Waals surface area contributed by atoms with E-state index in [1.807, 2.05) is 31.0 Å². The van der Waals surface area contributed by atoms with Crippen molar-refractivity contribution in [2.24, 2.45) is 0 Å². The van der Waals surface area contributed by atoms with E-state index in [-0.39, 0.29) is 5.97 Å². The van der Waals surface area contributed by atoms with E-state index in [0.717, 1.165) is 6.54 Å². The van der Waals surface area contributed by atoms with Crippen LogP contribution in [0, 0.1) is 0 Å². The lowest BCUT2D eigenvalue weighted by atomic mass is 10.4. The van der Waals surface area contributed by atoms with E-state index in [4.69, 9.17) is 0 Å². The molecule has 3 heteroatoms. The summed E-state index contributed by atoms with van der Waals surface area (Å²) in [6, 6.07) is 0. The molecule has 0 aromatic rings. The van der Waals surface area contributed by atoms with Crippen molar-refractivity contribution in [3.05, 3.63) is 12.2 Å². The van der Waals surface area contributed by atoms with Gasteiger partial charge in [0.25, 0.3) is 0 Å². The molecule has 11 heavy (non-hydrogen) atoms. The Bertz CT molecular complexity index is 143. The first kappa shape index (κ1) is 10.2. The Hall–Kier alpha value is -0.830. The average molecular weight is 157 g/mol. The van der Waals surface area contributed by atoms with Crippen molar-refractivity contribution in [3.63, 3.8) is 0 Å². The normalized spacial score (nSPS) is 10.9. The Morgan fingerprint density at radius 3 is 2.73 bits per heavy atom. The molecular formula is C8H15NO2. The maximum Gasteiger partial charge on any atom is 0.319 e. The molecule has 0 rings (SSSR count). The summed E-state index contributed by atoms with van der Waals surface area (Å²) in [4.78, 5) is 12.6. The minimum atomic E-state index is -0.197. The number of nitrogens with zero attached hydrogens (tertiary/aromatic N) is 1. The second kappa shape index (κ2) is 5.92. The van der Waals surface area contributed by atoms with E-state index in [9.17, 15) is 4.79 Å². The summed E-state index contributed by atoms with van der Waals surface area (Å²) in [6.45, 7) is 3.08. The molecule has 0 aliphatic carbocycles. The smallest absolute Gasteiger partial charge is 0.319 e. The molecule has 64 valence electrons. The second-order valence-corrected chi connectivity index (χ2v) is 2.34. The molecule has 0 spiro atoms. The number of methoxy groups -OCH3 is 1. The van der Waals surface area contributed by atoms with Crippen molar-refractivity contribution in [1.29, 1.82) is 0 Å². The van der Waals surface area contributed by atoms with Gasteiger partial charge in [-0.1, -0.05) is 12.2 Å². The molecule has 0 aromatic heterocycles. The first-order valence-corrected chi connectivity index (χ1v) is 3.57. The molecule has 0 aliphatic rings. The average Bonchev–Trinajstić information content (AvgIpc) is 2.00. The molecule has 0 radical (unpaired) electrons. The Kier molecular flexibility index (Phi) is 5.47. The first-order valence-electron chi connectivity index (χ1n) is 3.57. The lowest BCUT2D eigenvalue weighted by molar-refractivity contribution is -0.141. The summed E-state index contributed by atoms with van der Waals surface area (Å²) in [5.74, 6) is -0.197. The third kappa shape index (κ3) is 5.61. The van der Waals surface area contributed by atoms with Gasteiger partial charge in [0.15, 0.2) is 0 Å². The summed E-state index contributed by atoms with van der Waals surface area (Å²) < 4.78 is 4.50. The molecule has 0 N–H and O–H groups in total. The molecule has 0 fully saturated rings. The predicted octanol–water partition coefficient (Wildman–Crippen LogP) is 0.667. The molecule has 0 saturated heterocycles. The van der Waals surface area contributed by atoms with Gasteiger partial charge in [0.05, 0.1) is 13.7 Å². The number of hydrogen-bond donors (Lipinski definition) is 0. The highest BCUT2D eigenvalue weighted by atomic mass is 16.5. The molecule has 0 heterocycles. The number of carbonyl (C=O) groups is 1. The van der Waals surface area contributed by atoms with Gasteiger partial charge < -0.3 is 4.74 Å². The van der Waals surface area contributed by atoms with Crippen LogP contribution in [0.5, 0.6) is 0 Å². The van der Waals surface area contributed by atoms with Crippen molar-refractivity contribution in [3.8, 4) is 0 Å². The summed E-state index contributed by atoms with van der Waals surface area (Å²) in [6.07, 6.45) is 3.94. The van der Waals surface area contributed by atoms with Crippen LogP contribution in [0.1, 0.15) is 6.92 Å². The number of hydrogen-bond acceptors (Lipinski definition) is 3. The van der Waals surface area contributed by atoms with Crippen LogP contribution in [-0.2, 0) is 9.53 Å². The molecule has 0 amide bonds. The Morgan fingerprint density at radius 1 is 1.64 bits per heavy atom. The van der Waals surface area contributed by atoms with Crippen LogP contribution in [0.15, 0.2) is 12.2 Å². The van der Waals surface area contributed by atoms with Gasteiger partial charge in [-0.15, -0.1) is 0 Å². The molecule has 0 bridgehead atoms. The van der Waals surface area contributed by atoms with Crippen molar-refractivity contribution in [1.82, 2.24) is 4.90 Å². The van der Waals surface area contributed by atoms with E-state index >= 15 is 0 Å². The maximum atomic E-state index is 10.7. The lowest BCUT2D eigenvalue weighted by Crippen LogP contribution is -2.26. The predicted molar refractivity (Wildman–Crippen MR) is 44.3 cm³/mol. The number of rotatable bonds is 4. The standard InChI is InChI=1S/C8H15NO2/c1-4-5-6-9(2)7-8(10)11-3/h4-5H,6-7H2,1-3H3/b5-4+. The third-order valence-electron chi connectivity index (χ3n) is 1.28. The van der Waals surface area contributed by atoms with Crippen LogP contribution in [0.2, 0.25) is 0 Å². The van der Waals surface area contributed by atoms with E-state index in [1.165, 1.54) is 7.11 Å². The number of allylic oxidation sites excluding steroid dienone is 1. The van der Waals surface area contributed by atoms with Gasteiger partial charge in [-0.25, -0.2) is 0 Å². The lowest BCUT2D eigenvalue weighted by Gasteiger charge is -2.11. The van der Waals surface area contributed by atoms with E-state index < -0.39 is 0 Å². The molecule has 0 atom stereocenters. The quantitative estimate of drug-likeness (QED) is 0.443. The third-order valence-corrected chi connectivity index (χ3v) is 1.28. The minimum absolute atomic E-state index is 0.197. The van der Waals surface area contributed by atoms with Crippen LogP contribution in [-0.4, -0.2) is 38.1 Å². The summed E-state index contributed by atoms with van der Waals surface area (Å²) in [5.41, 5.74) is 0. The SMILES string of the molecule is C/C=C/CN(C)CC(=O)OC. The van der Waals surface area contributed by atoms with Gasteiger partial charge in [-0.05, 0) is 14.0 Å². The molecule has 0 aliphatic heterocycles. The van der Waals surface area contributed by atoms with Crippen LogP contribution >= 0.6 is 0 Å². The summed E-state index contributed by atoms with van der Waals surface area (Å²) in [7, 11) is 3.27. The van der Waals surface area contributed by atoms with Gasteiger partial charge in [-0.2, -0.15) is 0 Å². The molecule has 3 nitrogen and oxygen atoms in total. The largest absolute Gasteiger partial charge is 0.468 e. The maximum absolute atomic E-state index is 10.7. The van der Waals surface area contributed by atoms with Crippen molar-refractivity contribution in [2.75, 3.05) is 27.2 Å². The molecule has 0 aromatic carbocycles. The van der Waals surface area contributed by atoms with Crippen LogP contribution in [0.4, 0.5) is 0 Å². The Balaban J connectivity index is 3.51. The van der Waals surface area contributed by atoms with Crippen molar-refractivity contribution in [2.45, 2.75) is 6.92 Å². The van der Waals surface area contributed by atoms with Crippen LogP contribution < -0.4 is 0 Å². The number of esters is 1. The topological polar surface area (TPSA) is 29.5 Å². The zero-order valence-corrected chi connectivity index (χ0v) is 7.33. The minimum Gasteiger partial charge on any atom is -0.468 e. The van der Waals surface area contributed by atoms with Gasteiger partial charge >= 0.3 is 5.97 Å². The highest BCUT2D eigenvalue weighted by Crippen LogP contribution is 1.84. The zero-order chi connectivity index (χ0) is 8.69. The molecule has 0 saturated carbocycles. The van der Waals surface area contributed by atoms with Crippen molar-refractivity contribution >= 4 is 5.97 Å². The fraction of sp³-hybridized carbons (Fsp3) is 0.625. The number of ether oxygens (including phenoxy) is 1.